The molecule has 0 N–H and O–H groups in total. The molecule has 0 bridgehead atoms. The average Bonchev–Trinajstić information content (AvgIpc) is 3.01. The highest BCUT2D eigenvalue weighted by atomic mass is 16.6. The predicted octanol–water partition coefficient (Wildman–Crippen LogP) is 7.46. The Morgan fingerprint density at radius 3 is 2.02 bits per heavy atom. The molecule has 5 nitrogen and oxygen atoms in total. The van der Waals surface area contributed by atoms with E-state index in [2.05, 4.69) is 4.90 Å². The lowest BCUT2D eigenvalue weighted by molar-refractivity contribution is -0.128. The Hall–Kier alpha value is -5.03. The summed E-state index contributed by atoms with van der Waals surface area (Å²) in [5, 5.41) is 0. The molecule has 0 saturated heterocycles. The number of hydrogen-bond donors (Lipinski definition) is 0. The third-order valence-corrected chi connectivity index (χ3v) is 7.05. The second-order valence-electron chi connectivity index (χ2n) is 9.68. The van der Waals surface area contributed by atoms with Gasteiger partial charge in [0.25, 0.3) is 0 Å². The molecule has 0 radical (unpaired) electrons. The van der Waals surface area contributed by atoms with Crippen LogP contribution in [0.3, 0.4) is 0 Å². The van der Waals surface area contributed by atoms with Crippen LogP contribution in [0.15, 0.2) is 138 Å². The molecule has 1 heterocycles. The number of likely N-dealkylation sites (N-methyl/N-ethyl adjacent to an activating group) is 1. The first-order valence-corrected chi connectivity index (χ1v) is 13.3. The summed E-state index contributed by atoms with van der Waals surface area (Å²) in [6.07, 6.45) is 4.48. The highest BCUT2D eigenvalue weighted by Gasteiger charge is 2.33. The monoisotopic (exact) mass is 527 g/mol. The molecule has 4 aromatic rings. The summed E-state index contributed by atoms with van der Waals surface area (Å²) in [6.45, 7) is 0.832. The summed E-state index contributed by atoms with van der Waals surface area (Å²) in [7, 11) is 2.02. The number of benzene rings is 4. The number of esters is 1. The van der Waals surface area contributed by atoms with E-state index in [4.69, 9.17) is 14.2 Å². The molecule has 1 aliphatic heterocycles. The molecule has 6 rings (SSSR count). The van der Waals surface area contributed by atoms with E-state index in [9.17, 15) is 4.79 Å². The standard InChI is InChI=1S/C35H29NO4/c1-36-30-17-9-8-16-28(30)34(29-22-27(20-21-31(29)36)38-23-25-12-4-2-5-13-25)35(37)40-33-19-11-10-18-32(33)39-24-26-14-6-3-7-15-26/h2-21H,22-24H2,1H3. The van der Waals surface area contributed by atoms with Gasteiger partial charge in [-0.2, -0.15) is 0 Å². The first-order valence-electron chi connectivity index (χ1n) is 13.3. The molecule has 198 valence electrons. The predicted molar refractivity (Wildman–Crippen MR) is 157 cm³/mol. The molecule has 5 heteroatoms. The van der Waals surface area contributed by atoms with Crippen molar-refractivity contribution in [3.63, 3.8) is 0 Å². The molecular formula is C35H29NO4. The van der Waals surface area contributed by atoms with Crippen LogP contribution in [0, 0.1) is 0 Å². The fraction of sp³-hybridized carbons (Fsp3) is 0.114. The van der Waals surface area contributed by atoms with Crippen LogP contribution in [0.2, 0.25) is 0 Å². The maximum absolute atomic E-state index is 14.0. The minimum atomic E-state index is -0.429. The SMILES string of the molecule is CN1C2=CC=C(OCc3ccccc3)CC2=C(C(=O)Oc2ccccc2OCc2ccccc2)c2ccccc21. The summed E-state index contributed by atoms with van der Waals surface area (Å²) in [4.78, 5) is 16.1. The van der Waals surface area contributed by atoms with E-state index >= 15 is 0 Å². The van der Waals surface area contributed by atoms with Gasteiger partial charge in [0.05, 0.1) is 5.57 Å². The van der Waals surface area contributed by atoms with E-state index in [1.807, 2.05) is 122 Å². The van der Waals surface area contributed by atoms with Crippen molar-refractivity contribution in [2.45, 2.75) is 19.6 Å². The van der Waals surface area contributed by atoms with E-state index in [0.29, 0.717) is 36.7 Å². The summed E-state index contributed by atoms with van der Waals surface area (Å²) in [5.41, 5.74) is 6.25. The van der Waals surface area contributed by atoms with Gasteiger partial charge in [0.2, 0.25) is 0 Å². The van der Waals surface area contributed by atoms with Crippen molar-refractivity contribution in [1.29, 1.82) is 0 Å². The Kier molecular flexibility index (Phi) is 7.18. The topological polar surface area (TPSA) is 48.0 Å². The minimum absolute atomic E-state index is 0.372. The van der Waals surface area contributed by atoms with E-state index in [1.54, 1.807) is 6.07 Å². The number of rotatable bonds is 8. The smallest absolute Gasteiger partial charge is 0.344 e. The second kappa shape index (κ2) is 11.4. The lowest BCUT2D eigenvalue weighted by atomic mass is 9.87. The van der Waals surface area contributed by atoms with Gasteiger partial charge in [-0.15, -0.1) is 0 Å². The van der Waals surface area contributed by atoms with Gasteiger partial charge < -0.3 is 19.1 Å². The molecule has 1 aliphatic carbocycles. The quantitative estimate of drug-likeness (QED) is 0.176. The Bertz CT molecular complexity index is 1620. The summed E-state index contributed by atoms with van der Waals surface area (Å²) in [6, 6.07) is 35.1. The van der Waals surface area contributed by atoms with E-state index in [-0.39, 0.29) is 0 Å². The van der Waals surface area contributed by atoms with Gasteiger partial charge in [0.15, 0.2) is 11.5 Å². The summed E-state index contributed by atoms with van der Waals surface area (Å²) in [5.74, 6) is 1.26. The van der Waals surface area contributed by atoms with Crippen LogP contribution in [0.1, 0.15) is 23.1 Å². The molecule has 0 unspecified atom stereocenters. The first-order chi connectivity index (χ1) is 19.7. The fourth-order valence-corrected chi connectivity index (χ4v) is 5.02. The number of hydrogen-bond acceptors (Lipinski definition) is 5. The number of nitrogens with zero attached hydrogens (tertiary/aromatic N) is 1. The largest absolute Gasteiger partial charge is 0.493 e. The molecule has 0 fully saturated rings. The van der Waals surface area contributed by atoms with Crippen LogP contribution in [0.4, 0.5) is 5.69 Å². The number of para-hydroxylation sites is 3. The highest BCUT2D eigenvalue weighted by Crippen LogP contribution is 2.44. The van der Waals surface area contributed by atoms with Gasteiger partial charge in [0, 0.05) is 30.4 Å². The Labute approximate surface area is 234 Å². The molecular weight excluding hydrogens is 498 g/mol. The van der Waals surface area contributed by atoms with Crippen LogP contribution in [0.5, 0.6) is 11.5 Å². The van der Waals surface area contributed by atoms with E-state index in [1.165, 1.54) is 0 Å². The molecule has 2 aliphatic rings. The summed E-state index contributed by atoms with van der Waals surface area (Å²) < 4.78 is 18.3. The number of ether oxygens (including phenoxy) is 3. The van der Waals surface area contributed by atoms with Gasteiger partial charge in [0.1, 0.15) is 19.0 Å². The van der Waals surface area contributed by atoms with Crippen molar-refractivity contribution in [3.05, 3.63) is 155 Å². The van der Waals surface area contributed by atoms with Gasteiger partial charge >= 0.3 is 5.97 Å². The lowest BCUT2D eigenvalue weighted by Crippen LogP contribution is -2.28. The van der Waals surface area contributed by atoms with Crippen LogP contribution in [0.25, 0.3) is 5.57 Å². The molecule has 0 aromatic heterocycles. The van der Waals surface area contributed by atoms with Crippen molar-refractivity contribution < 1.29 is 19.0 Å². The zero-order chi connectivity index (χ0) is 27.3. The average molecular weight is 528 g/mol. The van der Waals surface area contributed by atoms with Crippen LogP contribution >= 0.6 is 0 Å². The molecule has 0 amide bonds. The van der Waals surface area contributed by atoms with Crippen LogP contribution in [-0.2, 0) is 22.7 Å². The third kappa shape index (κ3) is 5.27. The van der Waals surface area contributed by atoms with Gasteiger partial charge in [-0.3, -0.25) is 0 Å². The Morgan fingerprint density at radius 2 is 1.30 bits per heavy atom. The molecule has 40 heavy (non-hydrogen) atoms. The molecule has 0 spiro atoms. The van der Waals surface area contributed by atoms with E-state index in [0.717, 1.165) is 39.4 Å². The molecule has 0 atom stereocenters. The Balaban J connectivity index is 1.30. The van der Waals surface area contributed by atoms with Crippen molar-refractivity contribution in [1.82, 2.24) is 0 Å². The third-order valence-electron chi connectivity index (χ3n) is 7.05. The van der Waals surface area contributed by atoms with Gasteiger partial charge in [-0.25, -0.2) is 4.79 Å². The maximum atomic E-state index is 14.0. The second-order valence-corrected chi connectivity index (χ2v) is 9.68. The van der Waals surface area contributed by atoms with Crippen LogP contribution in [-0.4, -0.2) is 13.0 Å². The van der Waals surface area contributed by atoms with Gasteiger partial charge in [-0.05, 0) is 47.1 Å². The van der Waals surface area contributed by atoms with E-state index < -0.39 is 5.97 Å². The zero-order valence-electron chi connectivity index (χ0n) is 22.2. The lowest BCUT2D eigenvalue weighted by Gasteiger charge is -2.35. The number of fused-ring (bicyclic) bond motifs is 2. The molecule has 4 aromatic carbocycles. The maximum Gasteiger partial charge on any atom is 0.344 e. The highest BCUT2D eigenvalue weighted by molar-refractivity contribution is 6.22. The number of carbonyl (C=O) groups excluding carboxylic acids is 1. The van der Waals surface area contributed by atoms with Crippen molar-refractivity contribution >= 4 is 17.2 Å². The van der Waals surface area contributed by atoms with Crippen molar-refractivity contribution in [3.8, 4) is 11.5 Å². The van der Waals surface area contributed by atoms with Gasteiger partial charge in [-0.1, -0.05) is 91.0 Å². The van der Waals surface area contributed by atoms with Crippen molar-refractivity contribution in [2.24, 2.45) is 0 Å². The number of anilines is 1. The molecule has 0 saturated carbocycles. The Morgan fingerprint density at radius 1 is 0.700 bits per heavy atom. The summed E-state index contributed by atoms with van der Waals surface area (Å²) >= 11 is 0. The number of allylic oxidation sites excluding steroid dienone is 4. The normalized spacial score (nSPS) is 14.0. The van der Waals surface area contributed by atoms with Crippen molar-refractivity contribution in [2.75, 3.05) is 11.9 Å². The fourth-order valence-electron chi connectivity index (χ4n) is 5.02. The zero-order valence-corrected chi connectivity index (χ0v) is 22.2. The number of carbonyl (C=O) groups is 1. The first kappa shape index (κ1) is 25.3. The van der Waals surface area contributed by atoms with Crippen LogP contribution < -0.4 is 14.4 Å². The minimum Gasteiger partial charge on any atom is -0.493 e.